The Morgan fingerprint density at radius 3 is 2.60 bits per heavy atom. The molecule has 0 bridgehead atoms. The molecule has 6 nitrogen and oxygen atoms in total. The molecule has 3 aromatic rings. The fourth-order valence-electron chi connectivity index (χ4n) is 3.53. The van der Waals surface area contributed by atoms with Crippen LogP contribution in [0.5, 0.6) is 5.75 Å². The molecule has 1 N–H and O–H groups in total. The highest BCUT2D eigenvalue weighted by atomic mass is 32.1. The summed E-state index contributed by atoms with van der Waals surface area (Å²) in [4.78, 5) is 29.6. The number of ether oxygens (including phenoxy) is 1. The third-order valence-corrected chi connectivity index (χ3v) is 5.92. The van der Waals surface area contributed by atoms with E-state index in [1.807, 2.05) is 64.9 Å². The normalized spacial score (nSPS) is 14.0. The Balaban J connectivity index is 1.44. The second-order valence-electron chi connectivity index (χ2n) is 7.00. The van der Waals surface area contributed by atoms with Gasteiger partial charge in [-0.3, -0.25) is 9.69 Å². The number of anilines is 2. The van der Waals surface area contributed by atoms with Crippen molar-refractivity contribution in [3.8, 4) is 5.75 Å². The van der Waals surface area contributed by atoms with Crippen molar-refractivity contribution in [2.45, 2.75) is 13.0 Å². The van der Waals surface area contributed by atoms with Gasteiger partial charge in [0, 0.05) is 30.0 Å². The van der Waals surface area contributed by atoms with Crippen LogP contribution < -0.4 is 15.0 Å². The Hall–Kier alpha value is -3.32. The highest BCUT2D eigenvalue weighted by molar-refractivity contribution is 7.12. The monoisotopic (exact) mass is 421 g/mol. The lowest BCUT2D eigenvalue weighted by Crippen LogP contribution is -2.49. The van der Waals surface area contributed by atoms with Gasteiger partial charge in [-0.05, 0) is 48.2 Å². The first-order chi connectivity index (χ1) is 14.7. The lowest BCUT2D eigenvalue weighted by atomic mass is 10.1. The molecule has 2 aromatic carbocycles. The van der Waals surface area contributed by atoms with Crippen LogP contribution >= 0.6 is 11.3 Å². The molecule has 7 heteroatoms. The Bertz CT molecular complexity index is 1020. The molecule has 1 aliphatic rings. The number of rotatable bonds is 6. The summed E-state index contributed by atoms with van der Waals surface area (Å²) in [6, 6.07) is 18.8. The number of thiophene rings is 1. The number of carbonyl (C=O) groups is 2. The van der Waals surface area contributed by atoms with Crippen LogP contribution in [0, 0.1) is 0 Å². The highest BCUT2D eigenvalue weighted by Gasteiger charge is 2.27. The molecule has 0 aliphatic carbocycles. The molecule has 0 spiro atoms. The molecule has 30 heavy (non-hydrogen) atoms. The highest BCUT2D eigenvalue weighted by Crippen LogP contribution is 2.26. The molecular weight excluding hydrogens is 398 g/mol. The van der Waals surface area contributed by atoms with E-state index in [1.165, 1.54) is 11.3 Å². The van der Waals surface area contributed by atoms with Gasteiger partial charge in [0.2, 0.25) is 0 Å². The number of amides is 3. The molecule has 4 rings (SSSR count). The van der Waals surface area contributed by atoms with E-state index in [4.69, 9.17) is 4.74 Å². The van der Waals surface area contributed by atoms with Gasteiger partial charge >= 0.3 is 6.03 Å². The average molecular weight is 422 g/mol. The summed E-state index contributed by atoms with van der Waals surface area (Å²) in [5.74, 6) is 0.656. The smallest absolute Gasteiger partial charge is 0.324 e. The minimum Gasteiger partial charge on any atom is -0.496 e. The molecule has 0 unspecified atom stereocenters. The van der Waals surface area contributed by atoms with Crippen molar-refractivity contribution in [3.63, 3.8) is 0 Å². The number of benzene rings is 2. The van der Waals surface area contributed by atoms with E-state index >= 15 is 0 Å². The van der Waals surface area contributed by atoms with Gasteiger partial charge < -0.3 is 15.0 Å². The van der Waals surface area contributed by atoms with Crippen molar-refractivity contribution in [2.24, 2.45) is 0 Å². The summed E-state index contributed by atoms with van der Waals surface area (Å²) in [5.41, 5.74) is 2.51. The molecule has 3 amide bonds. The van der Waals surface area contributed by atoms with Gasteiger partial charge in [0.05, 0.1) is 18.5 Å². The van der Waals surface area contributed by atoms with Crippen LogP contribution in [0.4, 0.5) is 16.2 Å². The first kappa shape index (κ1) is 20.0. The molecule has 1 saturated heterocycles. The Morgan fingerprint density at radius 2 is 1.87 bits per heavy atom. The number of methoxy groups -OCH3 is 1. The first-order valence-electron chi connectivity index (χ1n) is 9.79. The maximum Gasteiger partial charge on any atom is 0.324 e. The maximum absolute atomic E-state index is 13.1. The largest absolute Gasteiger partial charge is 0.496 e. The van der Waals surface area contributed by atoms with E-state index < -0.39 is 0 Å². The number of nitrogens with one attached hydrogen (secondary N) is 1. The Labute approximate surface area is 179 Å². The number of para-hydroxylation sites is 1. The number of nitrogens with zero attached hydrogens (tertiary/aromatic N) is 2. The van der Waals surface area contributed by atoms with Crippen molar-refractivity contribution in [1.29, 1.82) is 0 Å². The second-order valence-corrected chi connectivity index (χ2v) is 7.95. The number of urea groups is 1. The van der Waals surface area contributed by atoms with Gasteiger partial charge in [0.15, 0.2) is 0 Å². The van der Waals surface area contributed by atoms with Crippen molar-refractivity contribution in [3.05, 3.63) is 76.5 Å². The molecule has 1 fully saturated rings. The average Bonchev–Trinajstić information content (AvgIpc) is 3.31. The summed E-state index contributed by atoms with van der Waals surface area (Å²) < 4.78 is 5.42. The zero-order chi connectivity index (χ0) is 20.9. The van der Waals surface area contributed by atoms with E-state index in [-0.39, 0.29) is 11.9 Å². The molecule has 154 valence electrons. The topological polar surface area (TPSA) is 61.9 Å². The molecule has 0 radical (unpaired) electrons. The van der Waals surface area contributed by atoms with Crippen molar-refractivity contribution in [2.75, 3.05) is 30.4 Å². The number of carbonyl (C=O) groups excluding carboxylic acids is 2. The lowest BCUT2D eigenvalue weighted by molar-refractivity contribution is 0.103. The summed E-state index contributed by atoms with van der Waals surface area (Å²) in [6.45, 7) is 1.89. The van der Waals surface area contributed by atoms with Gasteiger partial charge in [0.1, 0.15) is 5.75 Å². The van der Waals surface area contributed by atoms with Gasteiger partial charge in [-0.1, -0.05) is 24.3 Å². The van der Waals surface area contributed by atoms with Gasteiger partial charge in [-0.15, -0.1) is 11.3 Å². The van der Waals surface area contributed by atoms with Crippen molar-refractivity contribution >= 4 is 34.6 Å². The van der Waals surface area contributed by atoms with E-state index in [0.717, 1.165) is 23.4 Å². The van der Waals surface area contributed by atoms with Crippen LogP contribution in [0.1, 0.15) is 21.7 Å². The van der Waals surface area contributed by atoms with Crippen LogP contribution in [0.15, 0.2) is 66.0 Å². The van der Waals surface area contributed by atoms with Crippen molar-refractivity contribution < 1.29 is 14.3 Å². The number of hydrogen-bond donors (Lipinski definition) is 1. The molecule has 2 heterocycles. The maximum atomic E-state index is 13.1. The van der Waals surface area contributed by atoms with Crippen LogP contribution in [0.2, 0.25) is 0 Å². The molecule has 0 saturated carbocycles. The summed E-state index contributed by atoms with van der Waals surface area (Å²) in [7, 11) is 1.64. The third-order valence-electron chi connectivity index (χ3n) is 5.05. The third kappa shape index (κ3) is 4.31. The SMILES string of the molecule is COc1ccccc1CN1CCCN(c2ccc(NC(=O)c3cccs3)cc2)C1=O. The fraction of sp³-hybridized carbons (Fsp3) is 0.217. The van der Waals surface area contributed by atoms with Crippen molar-refractivity contribution in [1.82, 2.24) is 4.90 Å². The minimum absolute atomic E-state index is 0.0254. The summed E-state index contributed by atoms with van der Waals surface area (Å²) >= 11 is 1.40. The second kappa shape index (κ2) is 9.00. The molecule has 1 aliphatic heterocycles. The van der Waals surface area contributed by atoms with E-state index in [1.54, 1.807) is 18.1 Å². The zero-order valence-electron chi connectivity index (χ0n) is 16.7. The minimum atomic E-state index is -0.130. The number of hydrogen-bond acceptors (Lipinski definition) is 4. The molecule has 0 atom stereocenters. The van der Waals surface area contributed by atoms with E-state index in [2.05, 4.69) is 5.32 Å². The standard InChI is InChI=1S/C23H23N3O3S/c1-29-20-7-3-2-6-17(20)16-25-13-5-14-26(23(25)28)19-11-9-18(10-12-19)24-22(27)21-8-4-15-30-21/h2-4,6-12,15H,5,13-14,16H2,1H3,(H,24,27). The van der Waals surface area contributed by atoms with Gasteiger partial charge in [-0.2, -0.15) is 0 Å². The first-order valence-corrected chi connectivity index (χ1v) is 10.7. The summed E-state index contributed by atoms with van der Waals surface area (Å²) in [6.07, 6.45) is 0.887. The lowest BCUT2D eigenvalue weighted by Gasteiger charge is -2.36. The van der Waals surface area contributed by atoms with Gasteiger partial charge in [-0.25, -0.2) is 4.79 Å². The van der Waals surface area contributed by atoms with E-state index in [0.29, 0.717) is 30.2 Å². The predicted octanol–water partition coefficient (Wildman–Crippen LogP) is 4.84. The fourth-order valence-corrected chi connectivity index (χ4v) is 4.15. The molecule has 1 aromatic heterocycles. The Morgan fingerprint density at radius 1 is 1.07 bits per heavy atom. The van der Waals surface area contributed by atoms with Crippen LogP contribution in [0.3, 0.4) is 0 Å². The van der Waals surface area contributed by atoms with Crippen LogP contribution in [0.25, 0.3) is 0 Å². The summed E-state index contributed by atoms with van der Waals surface area (Å²) in [5, 5.41) is 4.76. The van der Waals surface area contributed by atoms with E-state index in [9.17, 15) is 9.59 Å². The molecular formula is C23H23N3O3S. The van der Waals surface area contributed by atoms with Gasteiger partial charge in [0.25, 0.3) is 5.91 Å². The van der Waals surface area contributed by atoms with Crippen LogP contribution in [-0.4, -0.2) is 37.0 Å². The zero-order valence-corrected chi connectivity index (χ0v) is 17.5. The van der Waals surface area contributed by atoms with Crippen LogP contribution in [-0.2, 0) is 6.54 Å². The Kier molecular flexibility index (Phi) is 5.99. The predicted molar refractivity (Wildman–Crippen MR) is 119 cm³/mol. The quantitative estimate of drug-likeness (QED) is 0.619.